The number of halogens is 1. The lowest BCUT2D eigenvalue weighted by Crippen LogP contribution is -2.47. The Balaban J connectivity index is 0.00000324. The van der Waals surface area contributed by atoms with Crippen LogP contribution in [0.25, 0.3) is 0 Å². The van der Waals surface area contributed by atoms with E-state index in [1.54, 1.807) is 7.05 Å². The van der Waals surface area contributed by atoms with Crippen molar-refractivity contribution in [2.24, 2.45) is 5.92 Å². The predicted molar refractivity (Wildman–Crippen MR) is 78.4 cm³/mol. The summed E-state index contributed by atoms with van der Waals surface area (Å²) in [6.07, 6.45) is 2.54. The quantitative estimate of drug-likeness (QED) is 0.760. The summed E-state index contributed by atoms with van der Waals surface area (Å²) in [5, 5.41) is 5.96. The number of nitrogens with zero attached hydrogens (tertiary/aromatic N) is 1. The van der Waals surface area contributed by atoms with Crippen molar-refractivity contribution in [2.75, 3.05) is 26.7 Å². The molecule has 1 aliphatic rings. The van der Waals surface area contributed by atoms with Crippen LogP contribution in [0.15, 0.2) is 0 Å². The van der Waals surface area contributed by atoms with E-state index in [0.29, 0.717) is 6.54 Å². The molecule has 0 radical (unpaired) electrons. The van der Waals surface area contributed by atoms with Crippen LogP contribution in [0, 0.1) is 5.92 Å². The van der Waals surface area contributed by atoms with Gasteiger partial charge in [-0.3, -0.25) is 9.59 Å². The van der Waals surface area contributed by atoms with Gasteiger partial charge in [0.25, 0.3) is 0 Å². The van der Waals surface area contributed by atoms with Crippen molar-refractivity contribution in [2.45, 2.75) is 39.2 Å². The van der Waals surface area contributed by atoms with E-state index < -0.39 is 0 Å². The SMILES string of the molecule is CN(CC(=O)NC(C)(C)C)C(=O)CNCC1CC1.Cl. The standard InChI is InChI=1S/C13H25N3O2.ClH/c1-13(2,3)15-11(17)9-16(4)12(18)8-14-7-10-5-6-10;/h10,14H,5-9H2,1-4H3,(H,15,17);1H. The molecule has 0 aromatic rings. The zero-order chi connectivity index (χ0) is 13.8. The normalized spacial score (nSPS) is 14.5. The fourth-order valence-corrected chi connectivity index (χ4v) is 1.60. The van der Waals surface area contributed by atoms with Gasteiger partial charge in [-0.15, -0.1) is 12.4 Å². The van der Waals surface area contributed by atoms with E-state index in [4.69, 9.17) is 0 Å². The molecular weight excluding hydrogens is 266 g/mol. The van der Waals surface area contributed by atoms with Crippen molar-refractivity contribution >= 4 is 24.2 Å². The molecule has 1 fully saturated rings. The van der Waals surface area contributed by atoms with Gasteiger partial charge in [-0.1, -0.05) is 0 Å². The van der Waals surface area contributed by atoms with Crippen molar-refractivity contribution < 1.29 is 9.59 Å². The molecule has 2 N–H and O–H groups in total. The van der Waals surface area contributed by atoms with E-state index >= 15 is 0 Å². The Morgan fingerprint density at radius 2 is 1.84 bits per heavy atom. The van der Waals surface area contributed by atoms with Gasteiger partial charge in [0.1, 0.15) is 0 Å². The lowest BCUT2D eigenvalue weighted by molar-refractivity contribution is -0.134. The second kappa shape index (κ2) is 7.70. The average molecular weight is 292 g/mol. The van der Waals surface area contributed by atoms with Crippen LogP contribution in [-0.4, -0.2) is 48.9 Å². The van der Waals surface area contributed by atoms with Gasteiger partial charge in [0.05, 0.1) is 13.1 Å². The van der Waals surface area contributed by atoms with Crippen molar-refractivity contribution in [1.29, 1.82) is 0 Å². The smallest absolute Gasteiger partial charge is 0.240 e. The fraction of sp³-hybridized carbons (Fsp3) is 0.846. The first-order chi connectivity index (χ1) is 8.28. The van der Waals surface area contributed by atoms with Gasteiger partial charge >= 0.3 is 0 Å². The molecule has 1 rings (SSSR count). The van der Waals surface area contributed by atoms with E-state index in [0.717, 1.165) is 12.5 Å². The Labute approximate surface area is 121 Å². The summed E-state index contributed by atoms with van der Waals surface area (Å²) in [6.45, 7) is 7.10. The summed E-state index contributed by atoms with van der Waals surface area (Å²) in [5.74, 6) is 0.590. The number of carbonyl (C=O) groups is 2. The number of hydrogen-bond acceptors (Lipinski definition) is 3. The van der Waals surface area contributed by atoms with E-state index in [1.807, 2.05) is 20.8 Å². The monoisotopic (exact) mass is 291 g/mol. The predicted octanol–water partition coefficient (Wildman–Crippen LogP) is 0.781. The minimum Gasteiger partial charge on any atom is -0.350 e. The number of rotatable bonds is 6. The molecule has 0 spiro atoms. The van der Waals surface area contributed by atoms with Crippen LogP contribution in [0.2, 0.25) is 0 Å². The summed E-state index contributed by atoms with van der Waals surface area (Å²) in [4.78, 5) is 24.8. The first-order valence-electron chi connectivity index (χ1n) is 6.53. The highest BCUT2D eigenvalue weighted by molar-refractivity contribution is 5.86. The van der Waals surface area contributed by atoms with Crippen molar-refractivity contribution in [1.82, 2.24) is 15.5 Å². The maximum Gasteiger partial charge on any atom is 0.240 e. The van der Waals surface area contributed by atoms with Crippen LogP contribution in [0.4, 0.5) is 0 Å². The van der Waals surface area contributed by atoms with Crippen LogP contribution >= 0.6 is 12.4 Å². The van der Waals surface area contributed by atoms with Crippen molar-refractivity contribution in [3.63, 3.8) is 0 Å². The summed E-state index contributed by atoms with van der Waals surface area (Å²) in [5.41, 5.74) is -0.259. The number of carbonyl (C=O) groups excluding carboxylic acids is 2. The topological polar surface area (TPSA) is 61.4 Å². The van der Waals surface area contributed by atoms with Crippen LogP contribution in [0.3, 0.4) is 0 Å². The third-order valence-corrected chi connectivity index (χ3v) is 2.73. The van der Waals surface area contributed by atoms with E-state index in [1.165, 1.54) is 17.7 Å². The Morgan fingerprint density at radius 3 is 2.32 bits per heavy atom. The van der Waals surface area contributed by atoms with Gasteiger partial charge in [-0.2, -0.15) is 0 Å². The first-order valence-corrected chi connectivity index (χ1v) is 6.53. The second-order valence-corrected chi connectivity index (χ2v) is 6.12. The molecular formula is C13H26ClN3O2. The maximum atomic E-state index is 11.7. The summed E-state index contributed by atoms with van der Waals surface area (Å²) >= 11 is 0. The number of nitrogens with one attached hydrogen (secondary N) is 2. The number of likely N-dealkylation sites (N-methyl/N-ethyl adjacent to an activating group) is 1. The van der Waals surface area contributed by atoms with E-state index in [9.17, 15) is 9.59 Å². The van der Waals surface area contributed by atoms with Crippen LogP contribution in [0.1, 0.15) is 33.6 Å². The zero-order valence-corrected chi connectivity index (χ0v) is 13.1. The van der Waals surface area contributed by atoms with E-state index in [-0.39, 0.29) is 36.3 Å². The highest BCUT2D eigenvalue weighted by Gasteiger charge is 2.21. The molecule has 2 amide bonds. The van der Waals surface area contributed by atoms with Gasteiger partial charge in [0.15, 0.2) is 0 Å². The molecule has 1 aliphatic carbocycles. The lowest BCUT2D eigenvalue weighted by atomic mass is 10.1. The van der Waals surface area contributed by atoms with E-state index in [2.05, 4.69) is 10.6 Å². The lowest BCUT2D eigenvalue weighted by Gasteiger charge is -2.23. The molecule has 1 saturated carbocycles. The van der Waals surface area contributed by atoms with Crippen molar-refractivity contribution in [3.8, 4) is 0 Å². The average Bonchev–Trinajstić information content (AvgIpc) is 2.98. The largest absolute Gasteiger partial charge is 0.350 e. The third kappa shape index (κ3) is 8.83. The summed E-state index contributed by atoms with van der Waals surface area (Å²) < 4.78 is 0. The Hall–Kier alpha value is -0.810. The molecule has 0 aromatic carbocycles. The van der Waals surface area contributed by atoms with Crippen LogP contribution in [-0.2, 0) is 9.59 Å². The molecule has 5 nitrogen and oxygen atoms in total. The van der Waals surface area contributed by atoms with Crippen LogP contribution in [0.5, 0.6) is 0 Å². The number of hydrogen-bond donors (Lipinski definition) is 2. The van der Waals surface area contributed by atoms with Gasteiger partial charge in [-0.05, 0) is 46.1 Å². The molecule has 112 valence electrons. The molecule has 0 bridgehead atoms. The summed E-state index contributed by atoms with van der Waals surface area (Å²) in [6, 6.07) is 0. The fourth-order valence-electron chi connectivity index (χ4n) is 1.60. The molecule has 0 heterocycles. The Kier molecular flexibility index (Phi) is 7.37. The molecule has 0 atom stereocenters. The van der Waals surface area contributed by atoms with Gasteiger partial charge in [-0.25, -0.2) is 0 Å². The minimum absolute atomic E-state index is 0. The Morgan fingerprint density at radius 1 is 1.26 bits per heavy atom. The molecule has 6 heteroatoms. The molecule has 0 unspecified atom stereocenters. The third-order valence-electron chi connectivity index (χ3n) is 2.73. The molecule has 19 heavy (non-hydrogen) atoms. The highest BCUT2D eigenvalue weighted by Crippen LogP contribution is 2.27. The van der Waals surface area contributed by atoms with Gasteiger partial charge in [0, 0.05) is 12.6 Å². The van der Waals surface area contributed by atoms with Crippen LogP contribution < -0.4 is 10.6 Å². The Bertz CT molecular complexity index is 312. The maximum absolute atomic E-state index is 11.7. The molecule has 0 saturated heterocycles. The zero-order valence-electron chi connectivity index (χ0n) is 12.3. The minimum atomic E-state index is -0.259. The second-order valence-electron chi connectivity index (χ2n) is 6.12. The van der Waals surface area contributed by atoms with Gasteiger partial charge in [0.2, 0.25) is 11.8 Å². The number of amides is 2. The molecule has 0 aromatic heterocycles. The highest BCUT2D eigenvalue weighted by atomic mass is 35.5. The van der Waals surface area contributed by atoms with Gasteiger partial charge < -0.3 is 15.5 Å². The first kappa shape index (κ1) is 18.2. The van der Waals surface area contributed by atoms with Crippen molar-refractivity contribution in [3.05, 3.63) is 0 Å². The molecule has 0 aliphatic heterocycles. The summed E-state index contributed by atoms with van der Waals surface area (Å²) in [7, 11) is 1.66.